The van der Waals surface area contributed by atoms with Crippen molar-refractivity contribution in [2.45, 2.75) is 323 Å². The molecule has 83 heavy (non-hydrogen) atoms. The van der Waals surface area contributed by atoms with E-state index in [1.165, 1.54) is 83.5 Å². The Morgan fingerprint density at radius 1 is 0.614 bits per heavy atom. The number of unbranched alkanes of at least 4 members (excludes halogenated alkanes) is 24. The fourth-order valence-corrected chi connectivity index (χ4v) is 11.1. The smallest absolute Gasteiger partial charge is 0.364 e. The second-order valence-corrected chi connectivity index (χ2v) is 23.3. The second kappa shape index (κ2) is 42.4. The lowest BCUT2D eigenvalue weighted by molar-refractivity contribution is -0.386. The van der Waals surface area contributed by atoms with Crippen molar-refractivity contribution in [2.24, 2.45) is 0 Å². The maximum atomic E-state index is 13.4. The fraction of sp³-hybridized carbons (Fsp3) is 0.917. The van der Waals surface area contributed by atoms with Crippen LogP contribution in [0.4, 0.5) is 0 Å². The number of carbonyl (C=O) groups excluding carboxylic acids is 2. The zero-order valence-electron chi connectivity index (χ0n) is 50.1. The Bertz CT molecular complexity index is 1750. The molecule has 14 N–H and O–H groups in total. The SMILES string of the molecule is CCCCCCCCCC/C=C\CCCCCCCCCC(=O)NC(COC1OC(CO)C(OC2OC(CO)C(O)C(OC3(C(=O)O)CC(O)C(NC(C)=O)C(C(O)C(O)CO)O3)C2O)C(O)C1O)C(O)CCCCCCCCCCCC. The van der Waals surface area contributed by atoms with Crippen LogP contribution in [0.15, 0.2) is 12.2 Å². The molecule has 0 bridgehead atoms. The lowest BCUT2D eigenvalue weighted by Crippen LogP contribution is -2.70. The van der Waals surface area contributed by atoms with Crippen molar-refractivity contribution in [1.29, 1.82) is 0 Å². The van der Waals surface area contributed by atoms with E-state index >= 15 is 0 Å². The van der Waals surface area contributed by atoms with Crippen LogP contribution in [-0.2, 0) is 42.8 Å². The minimum atomic E-state index is -3.08. The van der Waals surface area contributed by atoms with Crippen molar-refractivity contribution in [3.8, 4) is 0 Å². The molecule has 0 aromatic carbocycles. The van der Waals surface area contributed by atoms with E-state index in [2.05, 4.69) is 36.6 Å². The van der Waals surface area contributed by atoms with Gasteiger partial charge in [-0.2, -0.15) is 0 Å². The third-order valence-electron chi connectivity index (χ3n) is 16.2. The third kappa shape index (κ3) is 26.4. The summed E-state index contributed by atoms with van der Waals surface area (Å²) < 4.78 is 34.7. The maximum absolute atomic E-state index is 13.4. The predicted octanol–water partition coefficient (Wildman–Crippen LogP) is 3.56. The molecule has 3 aliphatic rings. The number of aliphatic hydroxyl groups excluding tert-OH is 11. The van der Waals surface area contributed by atoms with Crippen molar-refractivity contribution >= 4 is 17.8 Å². The highest BCUT2D eigenvalue weighted by atomic mass is 16.8. The summed E-state index contributed by atoms with van der Waals surface area (Å²) in [6.07, 6.45) is 6.76. The number of carboxylic acids is 1. The molecule has 0 aliphatic carbocycles. The Morgan fingerprint density at radius 3 is 1.63 bits per heavy atom. The van der Waals surface area contributed by atoms with Crippen LogP contribution in [0.3, 0.4) is 0 Å². The summed E-state index contributed by atoms with van der Waals surface area (Å²) in [5.41, 5.74) is 0. The lowest BCUT2D eigenvalue weighted by Gasteiger charge is -2.50. The molecule has 3 rings (SSSR count). The second-order valence-electron chi connectivity index (χ2n) is 23.3. The van der Waals surface area contributed by atoms with Gasteiger partial charge in [0.15, 0.2) is 12.6 Å². The highest BCUT2D eigenvalue weighted by Gasteiger charge is 2.60. The number of amides is 2. The van der Waals surface area contributed by atoms with Crippen LogP contribution in [0.2, 0.25) is 0 Å². The zero-order chi connectivity index (χ0) is 61.2. The molecule has 0 spiro atoms. The van der Waals surface area contributed by atoms with E-state index < -0.39 is 148 Å². The molecule has 3 fully saturated rings. The van der Waals surface area contributed by atoms with Crippen molar-refractivity contribution < 1.29 is 104 Å². The average Bonchev–Trinajstić information content (AvgIpc) is 2.65. The zero-order valence-corrected chi connectivity index (χ0v) is 50.1. The van der Waals surface area contributed by atoms with Crippen LogP contribution < -0.4 is 10.6 Å². The molecule has 18 atom stereocenters. The molecule has 23 nitrogen and oxygen atoms in total. The minimum Gasteiger partial charge on any atom is -0.477 e. The molecular formula is C60H110N2O21. The Hall–Kier alpha value is -2.53. The molecule has 3 aliphatic heterocycles. The van der Waals surface area contributed by atoms with Crippen LogP contribution in [0.25, 0.3) is 0 Å². The quantitative estimate of drug-likeness (QED) is 0.0306. The number of aliphatic carboxylic acids is 1. The molecule has 486 valence electrons. The van der Waals surface area contributed by atoms with Crippen LogP contribution >= 0.6 is 0 Å². The highest BCUT2D eigenvalue weighted by molar-refractivity contribution is 5.77. The normalized spacial score (nSPS) is 30.0. The summed E-state index contributed by atoms with van der Waals surface area (Å²) in [6, 6.07) is -2.53. The van der Waals surface area contributed by atoms with E-state index in [1.54, 1.807) is 0 Å². The van der Waals surface area contributed by atoms with Crippen LogP contribution in [0.1, 0.15) is 213 Å². The van der Waals surface area contributed by atoms with E-state index in [0.29, 0.717) is 19.3 Å². The van der Waals surface area contributed by atoms with E-state index in [1.807, 2.05) is 0 Å². The van der Waals surface area contributed by atoms with E-state index in [4.69, 9.17) is 28.4 Å². The first-order valence-corrected chi connectivity index (χ1v) is 31.5. The number of carboxylic acid groups (broad SMARTS) is 1. The van der Waals surface area contributed by atoms with E-state index in [0.717, 1.165) is 84.0 Å². The van der Waals surface area contributed by atoms with Gasteiger partial charge in [0.2, 0.25) is 11.8 Å². The Morgan fingerprint density at radius 2 is 1.12 bits per heavy atom. The van der Waals surface area contributed by atoms with E-state index in [-0.39, 0.29) is 18.9 Å². The van der Waals surface area contributed by atoms with Gasteiger partial charge in [-0.15, -0.1) is 0 Å². The standard InChI is InChI=1S/C60H110N2O21/c1-4-6-8-10-12-14-16-17-18-19-20-21-22-23-24-26-28-30-32-34-47(70)62-41(42(67)33-31-29-27-25-15-13-11-9-7-5-2)39-78-57-52(74)51(73)54(46(38-65)80-57)81-58-53(75)56(50(72)45(37-64)79-58)83-60(59(76)77)35-43(68)48(61-40(3)66)55(82-60)49(71)44(69)36-63/h19-20,41-46,48-58,63-65,67-69,71-75H,4-18,21-39H2,1-3H3,(H,61,66)(H,62,70)(H,76,77)/b20-19-. The van der Waals surface area contributed by atoms with Gasteiger partial charge in [-0.3, -0.25) is 9.59 Å². The molecule has 3 saturated heterocycles. The van der Waals surface area contributed by atoms with Gasteiger partial charge in [-0.05, 0) is 38.5 Å². The van der Waals surface area contributed by atoms with Crippen molar-refractivity contribution in [3.05, 3.63) is 12.2 Å². The molecule has 2 amide bonds. The number of nitrogens with one attached hydrogen (secondary N) is 2. The Kier molecular flexibility index (Phi) is 38.1. The predicted molar refractivity (Wildman–Crippen MR) is 306 cm³/mol. The molecule has 0 saturated carbocycles. The molecule has 18 unspecified atom stereocenters. The van der Waals surface area contributed by atoms with Crippen molar-refractivity contribution in [2.75, 3.05) is 26.4 Å². The van der Waals surface area contributed by atoms with Crippen LogP contribution in [0.5, 0.6) is 0 Å². The van der Waals surface area contributed by atoms with Gasteiger partial charge in [0.1, 0.15) is 67.1 Å². The summed E-state index contributed by atoms with van der Waals surface area (Å²) in [5.74, 6) is -6.11. The number of hydrogen-bond acceptors (Lipinski definition) is 20. The first kappa shape index (κ1) is 74.7. The van der Waals surface area contributed by atoms with Crippen molar-refractivity contribution in [1.82, 2.24) is 10.6 Å². The summed E-state index contributed by atoms with van der Waals surface area (Å²) in [6.45, 7) is 2.15. The molecule has 0 aromatic rings. The monoisotopic (exact) mass is 1190 g/mol. The Labute approximate surface area is 492 Å². The fourth-order valence-electron chi connectivity index (χ4n) is 11.1. The van der Waals surface area contributed by atoms with Crippen LogP contribution in [-0.4, -0.2) is 215 Å². The van der Waals surface area contributed by atoms with Gasteiger partial charge in [0.05, 0.1) is 50.7 Å². The number of hydrogen-bond donors (Lipinski definition) is 14. The summed E-state index contributed by atoms with van der Waals surface area (Å²) in [7, 11) is 0. The lowest BCUT2D eigenvalue weighted by atomic mass is 9.88. The van der Waals surface area contributed by atoms with Gasteiger partial charge in [0.25, 0.3) is 5.79 Å². The molecular weight excluding hydrogens is 1080 g/mol. The topological polar surface area (TPSA) is 373 Å². The summed E-state index contributed by atoms with van der Waals surface area (Å²) >= 11 is 0. The van der Waals surface area contributed by atoms with Gasteiger partial charge < -0.3 is 100 Å². The van der Waals surface area contributed by atoms with Gasteiger partial charge >= 0.3 is 5.97 Å². The van der Waals surface area contributed by atoms with E-state index in [9.17, 15) is 75.7 Å². The number of rotatable bonds is 46. The largest absolute Gasteiger partial charge is 0.477 e. The number of ether oxygens (including phenoxy) is 6. The maximum Gasteiger partial charge on any atom is 0.364 e. The minimum absolute atomic E-state index is 0.219. The van der Waals surface area contributed by atoms with Crippen LogP contribution in [0, 0.1) is 0 Å². The Balaban J connectivity index is 1.62. The highest BCUT2D eigenvalue weighted by Crippen LogP contribution is 2.38. The van der Waals surface area contributed by atoms with Gasteiger partial charge in [-0.1, -0.05) is 167 Å². The number of allylic oxidation sites excluding steroid dienone is 2. The molecule has 23 heteroatoms. The van der Waals surface area contributed by atoms with Gasteiger partial charge in [-0.25, -0.2) is 4.79 Å². The molecule has 0 aromatic heterocycles. The summed E-state index contributed by atoms with van der Waals surface area (Å²) in [5, 5.41) is 136. The summed E-state index contributed by atoms with van der Waals surface area (Å²) in [4.78, 5) is 38.4. The average molecular weight is 1200 g/mol. The molecule has 0 radical (unpaired) electrons. The number of aliphatic hydroxyl groups is 11. The first-order valence-electron chi connectivity index (χ1n) is 31.5. The first-order chi connectivity index (χ1) is 39.9. The third-order valence-corrected chi connectivity index (χ3v) is 16.2. The molecule has 3 heterocycles. The van der Waals surface area contributed by atoms with Gasteiger partial charge in [0, 0.05) is 19.8 Å². The number of carbonyl (C=O) groups is 3. The van der Waals surface area contributed by atoms with Crippen molar-refractivity contribution in [3.63, 3.8) is 0 Å².